The molecule has 17 heavy (non-hydrogen) atoms. The van der Waals surface area contributed by atoms with E-state index in [2.05, 4.69) is 50.0 Å². The van der Waals surface area contributed by atoms with Crippen LogP contribution < -0.4 is 11.1 Å². The molecular weight excluding hydrogens is 208 g/mol. The summed E-state index contributed by atoms with van der Waals surface area (Å²) in [5.41, 5.74) is 8.43. The lowest BCUT2D eigenvalue weighted by Crippen LogP contribution is -2.28. The lowest BCUT2D eigenvalue weighted by molar-refractivity contribution is 0.548. The molecule has 0 radical (unpaired) electrons. The van der Waals surface area contributed by atoms with Gasteiger partial charge in [-0.25, -0.2) is 0 Å². The smallest absolute Gasteiger partial charge is 0.0444 e. The van der Waals surface area contributed by atoms with Crippen molar-refractivity contribution in [3.05, 3.63) is 48.0 Å². The van der Waals surface area contributed by atoms with Gasteiger partial charge in [0.05, 0.1) is 0 Å². The average molecular weight is 232 g/mol. The molecule has 1 rings (SSSR count). The van der Waals surface area contributed by atoms with Crippen molar-refractivity contribution in [2.75, 3.05) is 13.1 Å². The van der Waals surface area contributed by atoms with Crippen LogP contribution in [0.5, 0.6) is 0 Å². The Labute approximate surface area is 105 Å². The third kappa shape index (κ3) is 4.33. The van der Waals surface area contributed by atoms with Gasteiger partial charge in [0, 0.05) is 12.6 Å². The number of nitrogens with one attached hydrogen (secondary N) is 1. The van der Waals surface area contributed by atoms with Crippen molar-refractivity contribution in [1.29, 1.82) is 0 Å². The molecule has 0 amide bonds. The molecule has 0 aliphatic rings. The molecule has 0 spiro atoms. The van der Waals surface area contributed by atoms with Gasteiger partial charge < -0.3 is 11.1 Å². The van der Waals surface area contributed by atoms with Gasteiger partial charge in [0.15, 0.2) is 0 Å². The predicted molar refractivity (Wildman–Crippen MR) is 75.1 cm³/mol. The molecule has 3 N–H and O–H groups in total. The van der Waals surface area contributed by atoms with Gasteiger partial charge in [0.2, 0.25) is 0 Å². The Bertz CT molecular complexity index is 327. The Morgan fingerprint density at radius 2 is 1.82 bits per heavy atom. The van der Waals surface area contributed by atoms with E-state index in [4.69, 9.17) is 5.73 Å². The first-order chi connectivity index (χ1) is 8.19. The number of hydrogen-bond donors (Lipinski definition) is 2. The van der Waals surface area contributed by atoms with Crippen LogP contribution in [0.25, 0.3) is 0 Å². The van der Waals surface area contributed by atoms with Gasteiger partial charge in [-0.2, -0.15) is 0 Å². The Morgan fingerprint density at radius 3 is 2.29 bits per heavy atom. The van der Waals surface area contributed by atoms with E-state index in [9.17, 15) is 0 Å². The van der Waals surface area contributed by atoms with Crippen LogP contribution in [0.2, 0.25) is 0 Å². The zero-order valence-corrected chi connectivity index (χ0v) is 10.9. The van der Waals surface area contributed by atoms with Crippen molar-refractivity contribution < 1.29 is 0 Å². The van der Waals surface area contributed by atoms with E-state index < -0.39 is 0 Å². The fraction of sp³-hybridized carbons (Fsp3) is 0.467. The average Bonchev–Trinajstić information content (AvgIpc) is 2.35. The van der Waals surface area contributed by atoms with E-state index in [1.807, 2.05) is 6.08 Å². The molecule has 0 heterocycles. The van der Waals surface area contributed by atoms with Crippen LogP contribution in [0.1, 0.15) is 43.4 Å². The van der Waals surface area contributed by atoms with Crippen LogP contribution in [0.15, 0.2) is 36.9 Å². The maximum absolute atomic E-state index is 5.80. The lowest BCUT2D eigenvalue weighted by atomic mass is 9.99. The van der Waals surface area contributed by atoms with Gasteiger partial charge in [-0.15, -0.1) is 6.58 Å². The quantitative estimate of drug-likeness (QED) is 0.560. The van der Waals surface area contributed by atoms with Crippen LogP contribution >= 0.6 is 0 Å². The summed E-state index contributed by atoms with van der Waals surface area (Å²) in [6.45, 7) is 9.68. The summed E-state index contributed by atoms with van der Waals surface area (Å²) in [5.74, 6) is 0.578. The van der Waals surface area contributed by atoms with Crippen LogP contribution in [0, 0.1) is 0 Å². The van der Waals surface area contributed by atoms with Gasteiger partial charge in [0.1, 0.15) is 0 Å². The van der Waals surface area contributed by atoms with Crippen LogP contribution in [0.3, 0.4) is 0 Å². The molecule has 2 heteroatoms. The zero-order chi connectivity index (χ0) is 12.7. The fourth-order valence-corrected chi connectivity index (χ4v) is 1.81. The highest BCUT2D eigenvalue weighted by Crippen LogP contribution is 2.18. The summed E-state index contributed by atoms with van der Waals surface area (Å²) < 4.78 is 0. The van der Waals surface area contributed by atoms with Gasteiger partial charge in [0.25, 0.3) is 0 Å². The topological polar surface area (TPSA) is 38.0 Å². The second-order valence-electron chi connectivity index (χ2n) is 4.64. The number of hydrogen-bond acceptors (Lipinski definition) is 2. The van der Waals surface area contributed by atoms with Gasteiger partial charge in [-0.1, -0.05) is 44.2 Å². The van der Waals surface area contributed by atoms with Gasteiger partial charge >= 0.3 is 0 Å². The maximum atomic E-state index is 5.80. The summed E-state index contributed by atoms with van der Waals surface area (Å²) in [5, 5.41) is 3.44. The third-order valence-electron chi connectivity index (χ3n) is 2.98. The SMILES string of the molecule is C=CCCNC(CN)c1ccc(C(C)C)cc1. The molecule has 1 atom stereocenters. The van der Waals surface area contributed by atoms with Crippen molar-refractivity contribution in [3.8, 4) is 0 Å². The lowest BCUT2D eigenvalue weighted by Gasteiger charge is -2.17. The van der Waals surface area contributed by atoms with Gasteiger partial charge in [-0.05, 0) is 30.0 Å². The standard InChI is InChI=1S/C15H24N2/c1-4-5-10-17-15(11-16)14-8-6-13(7-9-14)12(2)3/h4,6-9,12,15,17H,1,5,10-11,16H2,2-3H3. The highest BCUT2D eigenvalue weighted by Gasteiger charge is 2.08. The van der Waals surface area contributed by atoms with E-state index in [-0.39, 0.29) is 6.04 Å². The summed E-state index contributed by atoms with van der Waals surface area (Å²) in [7, 11) is 0. The second-order valence-corrected chi connectivity index (χ2v) is 4.64. The normalized spacial score (nSPS) is 12.7. The molecule has 1 aromatic rings. The number of rotatable bonds is 7. The van der Waals surface area contributed by atoms with Crippen LogP contribution in [-0.2, 0) is 0 Å². The van der Waals surface area contributed by atoms with E-state index >= 15 is 0 Å². The molecule has 1 aromatic carbocycles. The molecule has 0 bridgehead atoms. The molecule has 0 saturated carbocycles. The van der Waals surface area contributed by atoms with Crippen molar-refractivity contribution in [2.45, 2.75) is 32.2 Å². The first-order valence-electron chi connectivity index (χ1n) is 6.33. The second kappa shape index (κ2) is 7.25. The van der Waals surface area contributed by atoms with E-state index in [1.54, 1.807) is 0 Å². The Hall–Kier alpha value is -1.12. The molecule has 0 aromatic heterocycles. The summed E-state index contributed by atoms with van der Waals surface area (Å²) in [6.07, 6.45) is 2.89. The number of benzene rings is 1. The summed E-state index contributed by atoms with van der Waals surface area (Å²) in [6, 6.07) is 8.98. The summed E-state index contributed by atoms with van der Waals surface area (Å²) in [4.78, 5) is 0. The largest absolute Gasteiger partial charge is 0.329 e. The summed E-state index contributed by atoms with van der Waals surface area (Å²) >= 11 is 0. The van der Waals surface area contributed by atoms with Crippen molar-refractivity contribution in [1.82, 2.24) is 5.32 Å². The first kappa shape index (κ1) is 13.9. The van der Waals surface area contributed by atoms with Crippen LogP contribution in [0.4, 0.5) is 0 Å². The highest BCUT2D eigenvalue weighted by molar-refractivity contribution is 5.27. The highest BCUT2D eigenvalue weighted by atomic mass is 14.9. The molecule has 2 nitrogen and oxygen atoms in total. The zero-order valence-electron chi connectivity index (χ0n) is 10.9. The maximum Gasteiger partial charge on any atom is 0.0444 e. The minimum atomic E-state index is 0.246. The number of nitrogens with two attached hydrogens (primary N) is 1. The Balaban J connectivity index is 2.64. The van der Waals surface area contributed by atoms with Crippen molar-refractivity contribution in [3.63, 3.8) is 0 Å². The predicted octanol–water partition coefficient (Wildman–Crippen LogP) is 2.98. The molecule has 0 aliphatic heterocycles. The van der Waals surface area contributed by atoms with E-state index in [0.29, 0.717) is 12.5 Å². The monoisotopic (exact) mass is 232 g/mol. The first-order valence-corrected chi connectivity index (χ1v) is 6.33. The van der Waals surface area contributed by atoms with Gasteiger partial charge in [-0.3, -0.25) is 0 Å². The molecule has 0 saturated heterocycles. The Kier molecular flexibility index (Phi) is 5.95. The Morgan fingerprint density at radius 1 is 1.24 bits per heavy atom. The minimum Gasteiger partial charge on any atom is -0.329 e. The molecule has 1 unspecified atom stereocenters. The van der Waals surface area contributed by atoms with Crippen molar-refractivity contribution >= 4 is 0 Å². The molecule has 94 valence electrons. The third-order valence-corrected chi connectivity index (χ3v) is 2.98. The van der Waals surface area contributed by atoms with E-state index in [1.165, 1.54) is 11.1 Å². The minimum absolute atomic E-state index is 0.246. The molecule has 0 fully saturated rings. The van der Waals surface area contributed by atoms with E-state index in [0.717, 1.165) is 13.0 Å². The van der Waals surface area contributed by atoms with Crippen molar-refractivity contribution in [2.24, 2.45) is 5.73 Å². The molecule has 0 aliphatic carbocycles. The molecular formula is C15H24N2. The fourth-order valence-electron chi connectivity index (χ4n) is 1.81. The van der Waals surface area contributed by atoms with Crippen LogP contribution in [-0.4, -0.2) is 13.1 Å².